The van der Waals surface area contributed by atoms with Gasteiger partial charge in [0.25, 0.3) is 0 Å². The average molecular weight is 924 g/mol. The van der Waals surface area contributed by atoms with Crippen LogP contribution in [0.3, 0.4) is 0 Å². The summed E-state index contributed by atoms with van der Waals surface area (Å²) in [6.07, 6.45) is 58.8. The number of carbonyl (C=O) groups excluding carboxylic acids is 1. The zero-order valence-corrected chi connectivity index (χ0v) is 41.7. The number of amides is 1. The molecule has 7 atom stereocenters. The van der Waals surface area contributed by atoms with Crippen molar-refractivity contribution in [3.8, 4) is 0 Å². The van der Waals surface area contributed by atoms with E-state index in [9.17, 15) is 30.3 Å². The predicted octanol–water partition coefficient (Wildman–Crippen LogP) is 12.5. The number of hydrogen-bond donors (Lipinski definition) is 6. The molecule has 0 bridgehead atoms. The average Bonchev–Trinajstić information content (AvgIpc) is 3.32. The summed E-state index contributed by atoms with van der Waals surface area (Å²) in [5.74, 6) is -0.215. The van der Waals surface area contributed by atoms with E-state index in [0.29, 0.717) is 12.8 Å². The molecule has 0 aromatic heterocycles. The molecule has 0 saturated carbocycles. The molecule has 1 saturated heterocycles. The van der Waals surface area contributed by atoms with Crippen molar-refractivity contribution in [3.63, 3.8) is 0 Å². The van der Waals surface area contributed by atoms with Gasteiger partial charge in [-0.3, -0.25) is 4.79 Å². The van der Waals surface area contributed by atoms with Gasteiger partial charge in [0.15, 0.2) is 6.29 Å². The third kappa shape index (κ3) is 35.3. The van der Waals surface area contributed by atoms with Crippen LogP contribution in [0.2, 0.25) is 0 Å². The van der Waals surface area contributed by atoms with Gasteiger partial charge in [-0.2, -0.15) is 0 Å². The largest absolute Gasteiger partial charge is 0.394 e. The Bertz CT molecular complexity index is 1350. The van der Waals surface area contributed by atoms with E-state index in [1.54, 1.807) is 6.08 Å². The quantitative estimate of drug-likeness (QED) is 0.0262. The Morgan fingerprint density at radius 1 is 0.530 bits per heavy atom. The van der Waals surface area contributed by atoms with Crippen LogP contribution in [0.5, 0.6) is 0 Å². The first-order valence-corrected chi connectivity index (χ1v) is 26.5. The van der Waals surface area contributed by atoms with E-state index in [1.807, 2.05) is 6.08 Å². The van der Waals surface area contributed by atoms with Crippen LogP contribution in [0, 0.1) is 0 Å². The van der Waals surface area contributed by atoms with Crippen LogP contribution in [0.15, 0.2) is 97.2 Å². The minimum Gasteiger partial charge on any atom is -0.394 e. The molecule has 1 aliphatic rings. The number of aliphatic hydroxyl groups excluding tert-OH is 5. The summed E-state index contributed by atoms with van der Waals surface area (Å²) in [6.45, 7) is 3.63. The van der Waals surface area contributed by atoms with Crippen LogP contribution in [0.25, 0.3) is 0 Å². The summed E-state index contributed by atoms with van der Waals surface area (Å²) in [7, 11) is 0. The minimum absolute atomic E-state index is 0.215. The Kier molecular flexibility index (Phi) is 42.5. The van der Waals surface area contributed by atoms with Gasteiger partial charge < -0.3 is 40.3 Å². The third-order valence-electron chi connectivity index (χ3n) is 11.9. The van der Waals surface area contributed by atoms with E-state index in [0.717, 1.165) is 83.5 Å². The molecule has 1 amide bonds. The molecule has 0 radical (unpaired) electrons. The lowest BCUT2D eigenvalue weighted by Gasteiger charge is -2.40. The van der Waals surface area contributed by atoms with Crippen LogP contribution in [0.1, 0.15) is 200 Å². The van der Waals surface area contributed by atoms with Gasteiger partial charge in [0.1, 0.15) is 24.4 Å². The summed E-state index contributed by atoms with van der Waals surface area (Å²) >= 11 is 0. The normalized spacial score (nSPS) is 20.6. The number of allylic oxidation sites excluding steroid dienone is 15. The van der Waals surface area contributed by atoms with Crippen molar-refractivity contribution in [1.29, 1.82) is 0 Å². The monoisotopic (exact) mass is 924 g/mol. The molecule has 0 spiro atoms. The molecule has 1 rings (SSSR count). The van der Waals surface area contributed by atoms with Gasteiger partial charge in [-0.25, -0.2) is 0 Å². The second-order valence-corrected chi connectivity index (χ2v) is 17.9. The molecular formula is C57H97NO8. The molecule has 378 valence electrons. The zero-order chi connectivity index (χ0) is 48.0. The maximum Gasteiger partial charge on any atom is 0.220 e. The van der Waals surface area contributed by atoms with E-state index in [4.69, 9.17) is 9.47 Å². The molecule has 0 aliphatic carbocycles. The highest BCUT2D eigenvalue weighted by Gasteiger charge is 2.44. The van der Waals surface area contributed by atoms with Crippen LogP contribution >= 0.6 is 0 Å². The zero-order valence-electron chi connectivity index (χ0n) is 41.7. The number of nitrogens with one attached hydrogen (secondary N) is 1. The number of hydrogen-bond acceptors (Lipinski definition) is 8. The summed E-state index contributed by atoms with van der Waals surface area (Å²) in [4.78, 5) is 13.0. The Balaban J connectivity index is 2.35. The fourth-order valence-electron chi connectivity index (χ4n) is 7.70. The third-order valence-corrected chi connectivity index (χ3v) is 11.9. The first-order chi connectivity index (χ1) is 32.3. The van der Waals surface area contributed by atoms with Gasteiger partial charge in [-0.15, -0.1) is 0 Å². The molecule has 0 aromatic rings. The molecule has 6 N–H and O–H groups in total. The molecular weight excluding hydrogens is 827 g/mol. The summed E-state index contributed by atoms with van der Waals surface area (Å²) in [5, 5.41) is 54.4. The van der Waals surface area contributed by atoms with Crippen LogP contribution in [0.4, 0.5) is 0 Å². The van der Waals surface area contributed by atoms with E-state index in [2.05, 4.69) is 104 Å². The van der Waals surface area contributed by atoms with Crippen molar-refractivity contribution in [2.45, 2.75) is 243 Å². The highest BCUT2D eigenvalue weighted by molar-refractivity contribution is 5.76. The van der Waals surface area contributed by atoms with E-state index in [-0.39, 0.29) is 12.5 Å². The molecule has 7 unspecified atom stereocenters. The maximum atomic E-state index is 13.0. The number of carbonyl (C=O) groups is 1. The van der Waals surface area contributed by atoms with Crippen molar-refractivity contribution in [2.75, 3.05) is 13.2 Å². The minimum atomic E-state index is -1.58. The Hall–Kier alpha value is -2.89. The van der Waals surface area contributed by atoms with Gasteiger partial charge in [0.05, 0.1) is 25.4 Å². The van der Waals surface area contributed by atoms with Gasteiger partial charge in [0.2, 0.25) is 5.91 Å². The van der Waals surface area contributed by atoms with E-state index in [1.165, 1.54) is 89.9 Å². The van der Waals surface area contributed by atoms with Crippen molar-refractivity contribution in [2.24, 2.45) is 0 Å². The number of aliphatic hydroxyl groups is 5. The summed E-state index contributed by atoms with van der Waals surface area (Å²) < 4.78 is 11.2. The number of ether oxygens (including phenoxy) is 2. The maximum absolute atomic E-state index is 13.0. The Morgan fingerprint density at radius 2 is 0.955 bits per heavy atom. The van der Waals surface area contributed by atoms with Gasteiger partial charge in [0, 0.05) is 6.42 Å². The van der Waals surface area contributed by atoms with Crippen molar-refractivity contribution in [1.82, 2.24) is 5.32 Å². The lowest BCUT2D eigenvalue weighted by atomic mass is 9.99. The highest BCUT2D eigenvalue weighted by Crippen LogP contribution is 2.22. The second kappa shape index (κ2) is 45.9. The van der Waals surface area contributed by atoms with Crippen molar-refractivity contribution >= 4 is 5.91 Å². The highest BCUT2D eigenvalue weighted by atomic mass is 16.7. The second-order valence-electron chi connectivity index (χ2n) is 17.9. The lowest BCUT2D eigenvalue weighted by molar-refractivity contribution is -0.302. The smallest absolute Gasteiger partial charge is 0.220 e. The van der Waals surface area contributed by atoms with Crippen molar-refractivity contribution < 1.29 is 39.8 Å². The number of unbranched alkanes of at least 4 members (excludes halogenated alkanes) is 19. The number of rotatable bonds is 43. The molecule has 9 nitrogen and oxygen atoms in total. The van der Waals surface area contributed by atoms with E-state index >= 15 is 0 Å². The fraction of sp³-hybridized carbons (Fsp3) is 0.702. The van der Waals surface area contributed by atoms with Gasteiger partial charge in [-0.1, -0.05) is 207 Å². The topological polar surface area (TPSA) is 149 Å². The fourth-order valence-corrected chi connectivity index (χ4v) is 7.70. The Morgan fingerprint density at radius 3 is 1.45 bits per heavy atom. The Labute approximate surface area is 403 Å². The van der Waals surface area contributed by atoms with Crippen LogP contribution in [-0.2, 0) is 14.3 Å². The van der Waals surface area contributed by atoms with Gasteiger partial charge >= 0.3 is 0 Å². The first-order valence-electron chi connectivity index (χ1n) is 26.5. The summed E-state index contributed by atoms with van der Waals surface area (Å²) in [5.41, 5.74) is 0. The first kappa shape index (κ1) is 61.1. The lowest BCUT2D eigenvalue weighted by Crippen LogP contribution is -2.60. The molecule has 66 heavy (non-hydrogen) atoms. The molecule has 0 aromatic carbocycles. The van der Waals surface area contributed by atoms with Gasteiger partial charge in [-0.05, 0) is 83.5 Å². The van der Waals surface area contributed by atoms with E-state index < -0.39 is 49.5 Å². The molecule has 9 heteroatoms. The van der Waals surface area contributed by atoms with Crippen LogP contribution in [-0.4, -0.2) is 87.5 Å². The SMILES string of the molecule is CC/C=C\C/C=C\C/C=C\C/C=C\C/C=C\C/C=C\CCCCCCC(=O)NC(COC1OC(CO)C(O)C(O)C1O)C(O)/C=C/CC/C=C/CCCCCCCCCCCCCCCC. The van der Waals surface area contributed by atoms with Crippen LogP contribution < -0.4 is 5.32 Å². The standard InChI is InChI=1S/C57H97NO8/c1-3-5-7-9-11-13-15-17-19-21-23-25-26-27-29-31-33-35-37-39-41-43-45-47-53(61)58-50(49-65-57-56(64)55(63)54(62)52(48-59)66-57)51(60)46-44-42-40-38-36-34-32-30-28-24-22-20-18-16-14-12-10-8-6-4-2/h5,7,11,13,17,19,23,25,27,29,33,35-36,38,44,46,50-52,54-57,59-60,62-64H,3-4,6,8-10,12,14-16,18,20-22,24,26,28,30-32,34,37,39-43,45,47-49H2,1-2H3,(H,58,61)/b7-5-,13-11-,19-17-,25-23-,29-27-,35-33-,38-36+,46-44+. The summed E-state index contributed by atoms with van der Waals surface area (Å²) in [6, 6.07) is -0.843. The molecule has 1 fully saturated rings. The molecule has 1 heterocycles. The van der Waals surface area contributed by atoms with Crippen molar-refractivity contribution in [3.05, 3.63) is 97.2 Å². The predicted molar refractivity (Wildman–Crippen MR) is 276 cm³/mol. The molecule has 1 aliphatic heterocycles.